The Balaban J connectivity index is 2.19. The first kappa shape index (κ1) is 19.2. The third-order valence-electron chi connectivity index (χ3n) is 2.98. The van der Waals surface area contributed by atoms with E-state index < -0.39 is 8.80 Å². The lowest BCUT2D eigenvalue weighted by atomic mass is 10.2. The van der Waals surface area contributed by atoms with Crippen molar-refractivity contribution in [3.8, 4) is 0 Å². The molecule has 0 saturated carbocycles. The van der Waals surface area contributed by atoms with Gasteiger partial charge >= 0.3 is 8.80 Å². The minimum atomic E-state index is -2.42. The minimum Gasteiger partial charge on any atom is -0.377 e. The van der Waals surface area contributed by atoms with Crippen LogP contribution < -0.4 is 0 Å². The highest BCUT2D eigenvalue weighted by atomic mass is 32.2. The smallest absolute Gasteiger partial charge is 0.377 e. The standard InChI is InChI=1S/C14H22O3S3Si/c1-15-21(16-2,17-3)11-7-10-19-14(18)20-12-13-8-5-4-6-9-13/h4-6,8-9H,7,10-12H2,1-3H3. The molecule has 0 radical (unpaired) electrons. The molecule has 21 heavy (non-hydrogen) atoms. The van der Waals surface area contributed by atoms with Crippen molar-refractivity contribution in [2.45, 2.75) is 18.2 Å². The minimum absolute atomic E-state index is 0.815. The predicted molar refractivity (Wildman–Crippen MR) is 99.0 cm³/mol. The quantitative estimate of drug-likeness (QED) is 0.371. The molecule has 0 amide bonds. The van der Waals surface area contributed by atoms with Gasteiger partial charge in [-0.05, 0) is 17.7 Å². The molecule has 0 heterocycles. The van der Waals surface area contributed by atoms with E-state index in [9.17, 15) is 0 Å². The van der Waals surface area contributed by atoms with Crippen LogP contribution in [0.3, 0.4) is 0 Å². The highest BCUT2D eigenvalue weighted by molar-refractivity contribution is 8.46. The maximum Gasteiger partial charge on any atom is 0.500 e. The summed E-state index contributed by atoms with van der Waals surface area (Å²) in [5.74, 6) is 1.89. The van der Waals surface area contributed by atoms with Gasteiger partial charge in [-0.25, -0.2) is 0 Å². The highest BCUT2D eigenvalue weighted by Crippen LogP contribution is 2.24. The van der Waals surface area contributed by atoms with Gasteiger partial charge < -0.3 is 13.3 Å². The average molecular weight is 363 g/mol. The van der Waals surface area contributed by atoms with E-state index in [1.165, 1.54) is 5.56 Å². The summed E-state index contributed by atoms with van der Waals surface area (Å²) in [6.45, 7) is 0. The van der Waals surface area contributed by atoms with Crippen molar-refractivity contribution >= 4 is 48.1 Å². The fraction of sp³-hybridized carbons (Fsp3) is 0.500. The number of rotatable bonds is 9. The molecule has 0 aliphatic carbocycles. The van der Waals surface area contributed by atoms with E-state index in [-0.39, 0.29) is 0 Å². The fourth-order valence-electron chi connectivity index (χ4n) is 1.76. The maximum absolute atomic E-state index is 5.40. The van der Waals surface area contributed by atoms with Gasteiger partial charge in [-0.1, -0.05) is 42.5 Å². The Hall–Kier alpha value is 0.107. The van der Waals surface area contributed by atoms with Crippen LogP contribution in [0.25, 0.3) is 0 Å². The van der Waals surface area contributed by atoms with Gasteiger partial charge in [0.05, 0.1) is 0 Å². The first-order chi connectivity index (χ1) is 10.2. The van der Waals surface area contributed by atoms with Gasteiger partial charge in [-0.3, -0.25) is 0 Å². The topological polar surface area (TPSA) is 27.7 Å². The van der Waals surface area contributed by atoms with E-state index >= 15 is 0 Å². The van der Waals surface area contributed by atoms with E-state index in [4.69, 9.17) is 25.5 Å². The zero-order valence-corrected chi connectivity index (χ0v) is 16.1. The predicted octanol–water partition coefficient (Wildman–Crippen LogP) is 4.21. The van der Waals surface area contributed by atoms with Crippen molar-refractivity contribution in [3.63, 3.8) is 0 Å². The fourth-order valence-corrected chi connectivity index (χ4v) is 5.86. The van der Waals surface area contributed by atoms with Crippen LogP contribution in [0.5, 0.6) is 0 Å². The summed E-state index contributed by atoms with van der Waals surface area (Å²) >= 11 is 8.82. The van der Waals surface area contributed by atoms with Crippen molar-refractivity contribution in [2.24, 2.45) is 0 Å². The second-order valence-corrected chi connectivity index (χ2v) is 10.6. The number of hydrogen-bond acceptors (Lipinski definition) is 6. The van der Waals surface area contributed by atoms with Crippen LogP contribution in [-0.4, -0.2) is 39.4 Å². The number of thiocarbonyl (C=S) groups is 1. The monoisotopic (exact) mass is 362 g/mol. The first-order valence-electron chi connectivity index (χ1n) is 6.64. The average Bonchev–Trinajstić information content (AvgIpc) is 2.55. The molecule has 0 aromatic heterocycles. The molecule has 0 aliphatic rings. The van der Waals surface area contributed by atoms with E-state index in [0.717, 1.165) is 27.5 Å². The third-order valence-corrected chi connectivity index (χ3v) is 8.67. The zero-order valence-electron chi connectivity index (χ0n) is 12.7. The Labute approximate surface area is 142 Å². The van der Waals surface area contributed by atoms with Gasteiger partial charge in [-0.15, -0.1) is 23.5 Å². The molecule has 1 aromatic rings. The molecule has 7 heteroatoms. The maximum atomic E-state index is 5.40. The van der Waals surface area contributed by atoms with Gasteiger partial charge in [0.1, 0.15) is 3.53 Å². The Morgan fingerprint density at radius 1 is 1.05 bits per heavy atom. The normalized spacial score (nSPS) is 11.6. The first-order valence-corrected chi connectivity index (χ1v) is 11.0. The molecule has 1 aromatic carbocycles. The van der Waals surface area contributed by atoms with Gasteiger partial charge in [0.2, 0.25) is 0 Å². The zero-order chi connectivity index (χ0) is 15.6. The van der Waals surface area contributed by atoms with Crippen LogP contribution in [-0.2, 0) is 19.0 Å². The lowest BCUT2D eigenvalue weighted by Gasteiger charge is -2.24. The van der Waals surface area contributed by atoms with Crippen LogP contribution in [0, 0.1) is 0 Å². The van der Waals surface area contributed by atoms with Crippen LogP contribution in [0.1, 0.15) is 12.0 Å². The van der Waals surface area contributed by atoms with E-state index in [1.807, 2.05) is 6.07 Å². The number of thioether (sulfide) groups is 2. The van der Waals surface area contributed by atoms with Gasteiger partial charge in [0.15, 0.2) is 0 Å². The molecule has 3 nitrogen and oxygen atoms in total. The SMILES string of the molecule is CO[Si](CCCSC(=S)SCc1ccccc1)(OC)OC. The molecule has 1 rings (SSSR count). The molecular formula is C14H22O3S3Si. The molecule has 0 fully saturated rings. The molecule has 0 atom stereocenters. The van der Waals surface area contributed by atoms with E-state index in [2.05, 4.69) is 24.3 Å². The molecule has 118 valence electrons. The Bertz CT molecular complexity index is 405. The molecular weight excluding hydrogens is 340 g/mol. The molecule has 0 spiro atoms. The summed E-state index contributed by atoms with van der Waals surface area (Å²) in [5, 5.41) is 0. The largest absolute Gasteiger partial charge is 0.500 e. The van der Waals surface area contributed by atoms with Gasteiger partial charge in [-0.2, -0.15) is 0 Å². The van der Waals surface area contributed by atoms with Crippen LogP contribution in [0.2, 0.25) is 6.04 Å². The second kappa shape index (κ2) is 10.8. The van der Waals surface area contributed by atoms with Crippen molar-refractivity contribution in [1.82, 2.24) is 0 Å². The summed E-state index contributed by atoms with van der Waals surface area (Å²) in [5.41, 5.74) is 1.30. The van der Waals surface area contributed by atoms with Crippen molar-refractivity contribution in [2.75, 3.05) is 27.1 Å². The van der Waals surface area contributed by atoms with Crippen molar-refractivity contribution in [1.29, 1.82) is 0 Å². The van der Waals surface area contributed by atoms with Crippen molar-refractivity contribution < 1.29 is 13.3 Å². The highest BCUT2D eigenvalue weighted by Gasteiger charge is 2.36. The third kappa shape index (κ3) is 7.27. The summed E-state index contributed by atoms with van der Waals surface area (Å²) < 4.78 is 17.2. The number of hydrogen-bond donors (Lipinski definition) is 0. The molecule has 0 unspecified atom stereocenters. The molecule has 0 bridgehead atoms. The lowest BCUT2D eigenvalue weighted by molar-refractivity contribution is 0.123. The Morgan fingerprint density at radius 2 is 1.67 bits per heavy atom. The van der Waals surface area contributed by atoms with Gasteiger partial charge in [0.25, 0.3) is 0 Å². The molecule has 0 N–H and O–H groups in total. The summed E-state index contributed by atoms with van der Waals surface area (Å²) in [6, 6.07) is 11.2. The second-order valence-electron chi connectivity index (χ2n) is 4.27. The lowest BCUT2D eigenvalue weighted by Crippen LogP contribution is -2.42. The number of benzene rings is 1. The van der Waals surface area contributed by atoms with Crippen molar-refractivity contribution in [3.05, 3.63) is 35.9 Å². The van der Waals surface area contributed by atoms with Crippen LogP contribution in [0.15, 0.2) is 30.3 Å². The van der Waals surface area contributed by atoms with Crippen LogP contribution in [0.4, 0.5) is 0 Å². The molecule has 0 aliphatic heterocycles. The van der Waals surface area contributed by atoms with E-state index in [0.29, 0.717) is 0 Å². The summed E-state index contributed by atoms with van der Waals surface area (Å²) in [6.07, 6.45) is 0.971. The van der Waals surface area contributed by atoms with Gasteiger partial charge in [0, 0.05) is 33.1 Å². The summed E-state index contributed by atoms with van der Waals surface area (Å²) in [7, 11) is 2.51. The van der Waals surface area contributed by atoms with Crippen LogP contribution >= 0.6 is 35.7 Å². The van der Waals surface area contributed by atoms with E-state index in [1.54, 1.807) is 44.9 Å². The summed E-state index contributed by atoms with van der Waals surface area (Å²) in [4.78, 5) is 0. The Morgan fingerprint density at radius 3 is 2.24 bits per heavy atom. The molecule has 0 saturated heterocycles. The Kier molecular flexibility index (Phi) is 9.82.